The molecule has 2 nitrogen and oxygen atoms in total. The summed E-state index contributed by atoms with van der Waals surface area (Å²) in [6, 6.07) is 0. The van der Waals surface area contributed by atoms with E-state index in [4.69, 9.17) is 10.5 Å². The average Bonchev–Trinajstić information content (AvgIpc) is 2.28. The number of hydrogen-bond donors (Lipinski definition) is 0. The van der Waals surface area contributed by atoms with Crippen LogP contribution in [0.4, 0.5) is 17.6 Å². The monoisotopic (exact) mass is 604 g/mol. The second-order valence-corrected chi connectivity index (χ2v) is 13.6. The Labute approximate surface area is 113 Å². The van der Waals surface area contributed by atoms with Crippen molar-refractivity contribution in [2.45, 2.75) is 0 Å². The average molecular weight is 601 g/mol. The molecule has 0 aliphatic heterocycles. The summed E-state index contributed by atoms with van der Waals surface area (Å²) in [5.74, 6) is -6.11. The first kappa shape index (κ1) is 13.9. The Hall–Kier alpha value is -0.210. The van der Waals surface area contributed by atoms with Crippen LogP contribution in [0.1, 0.15) is 0 Å². The van der Waals surface area contributed by atoms with Crippen molar-refractivity contribution in [2.75, 3.05) is 0 Å². The van der Waals surface area contributed by atoms with Crippen LogP contribution in [0.25, 0.3) is 0 Å². The maximum atomic E-state index is 13.5. The van der Waals surface area contributed by atoms with Crippen molar-refractivity contribution in [1.29, 1.82) is 10.5 Å². The Balaban J connectivity index is 3.54. The molecule has 0 amide bonds. The van der Waals surface area contributed by atoms with Gasteiger partial charge in [-0.25, -0.2) is 0 Å². The van der Waals surface area contributed by atoms with E-state index in [0.29, 0.717) is 0 Å². The van der Waals surface area contributed by atoms with Crippen molar-refractivity contribution in [3.8, 4) is 7.16 Å². The van der Waals surface area contributed by atoms with E-state index in [1.54, 1.807) is 7.16 Å². The number of benzene rings is 1. The number of halogens is 4. The summed E-state index contributed by atoms with van der Waals surface area (Å²) in [4.78, 5) is 0. The van der Waals surface area contributed by atoms with Crippen molar-refractivity contribution < 1.29 is 66.7 Å². The van der Waals surface area contributed by atoms with Gasteiger partial charge in [-0.15, -0.1) is 0 Å². The first-order valence-electron chi connectivity index (χ1n) is 4.12. The van der Waals surface area contributed by atoms with Crippen molar-refractivity contribution in [3.63, 3.8) is 0 Å². The second kappa shape index (κ2) is 5.92. The first-order valence-corrected chi connectivity index (χ1v) is 15.1. The molecule has 0 heterocycles. The summed E-state index contributed by atoms with van der Waals surface area (Å²) in [6.07, 6.45) is 0. The van der Waals surface area contributed by atoms with Crippen LogP contribution < -0.4 is 6.14 Å². The van der Waals surface area contributed by atoms with Crippen LogP contribution in [0.2, 0.25) is 0 Å². The van der Waals surface area contributed by atoms with Crippen molar-refractivity contribution in [1.82, 2.24) is 0 Å². The molecule has 0 bridgehead atoms. The van der Waals surface area contributed by atoms with Gasteiger partial charge in [0.05, 0.1) is 0 Å². The Morgan fingerprint density at radius 1 is 0.688 bits per heavy atom. The van der Waals surface area contributed by atoms with Crippen LogP contribution in [0.3, 0.4) is 0 Å². The molecule has 1 rings (SSSR count). The van der Waals surface area contributed by atoms with Gasteiger partial charge in [-0.05, 0) is 0 Å². The molecule has 0 radical (unpaired) electrons. The van der Waals surface area contributed by atoms with E-state index in [9.17, 15) is 17.6 Å². The van der Waals surface area contributed by atoms with E-state index < -0.39 is 78.6 Å². The zero-order chi connectivity index (χ0) is 12.3. The van der Waals surface area contributed by atoms with Gasteiger partial charge in [0.25, 0.3) is 0 Å². The second-order valence-electron chi connectivity index (χ2n) is 2.88. The summed E-state index contributed by atoms with van der Waals surface area (Å²) >= 11 is -5.44. The normalized spacial score (nSPS) is 8.62. The molecular weight excluding hydrogens is 601 g/mol. The quantitative estimate of drug-likeness (QED) is 0.216. The summed E-state index contributed by atoms with van der Waals surface area (Å²) in [7, 11) is 0. The zero-order valence-electron chi connectivity index (χ0n) is 7.82. The Morgan fingerprint density at radius 3 is 1.38 bits per heavy atom. The van der Waals surface area contributed by atoms with Gasteiger partial charge in [-0.1, -0.05) is 0 Å². The van der Waals surface area contributed by atoms with Crippen molar-refractivity contribution in [3.05, 3.63) is 23.3 Å². The van der Waals surface area contributed by atoms with E-state index >= 15 is 0 Å². The van der Waals surface area contributed by atoms with Crippen LogP contribution in [0.5, 0.6) is 0 Å². The fourth-order valence-electron chi connectivity index (χ4n) is 1.20. The molecule has 0 atom stereocenters. The minimum atomic E-state index is -2.72. The molecule has 0 aliphatic carbocycles. The fraction of sp³-hybridized carbons (Fsp3) is 0. The molecule has 16 heavy (non-hydrogen) atoms. The molecule has 0 saturated heterocycles. The summed E-state index contributed by atoms with van der Waals surface area (Å²) < 4.78 is 55.0. The van der Waals surface area contributed by atoms with E-state index in [2.05, 4.69) is 0 Å². The summed E-state index contributed by atoms with van der Waals surface area (Å²) in [5, 5.41) is 16.8. The molecule has 0 fully saturated rings. The molecule has 74 valence electrons. The van der Waals surface area contributed by atoms with Gasteiger partial charge in [0, 0.05) is 0 Å². The minimum absolute atomic E-state index is 0.577. The van der Waals surface area contributed by atoms with Gasteiger partial charge in [-0.2, -0.15) is 0 Å². The maximum absolute atomic E-state index is 13.5. The predicted octanol–water partition coefficient (Wildman–Crippen LogP) is 0.621. The predicted molar refractivity (Wildman–Crippen MR) is 36.8 cm³/mol. The van der Waals surface area contributed by atoms with Crippen LogP contribution in [-0.4, -0.2) is 0 Å². The molecule has 0 spiro atoms. The van der Waals surface area contributed by atoms with Crippen LogP contribution in [-0.2, 0) is 49.1 Å². The number of nitrogens with zero attached hydrogens (tertiary/aromatic N) is 2. The van der Waals surface area contributed by atoms with E-state index in [0.717, 1.165) is 0 Å². The standard InChI is InChI=1S/C6F4.2CN.2Hg/c7-3-1-4(8)6(10)5(9)2-3;2*1-2;;. The molecular formula is C8F4Hg2N2. The van der Waals surface area contributed by atoms with Gasteiger partial charge >= 0.3 is 114 Å². The SMILES string of the molecule is N#[C][Hg][c]1c(F)c(F)c(F)[c]([Hg][C]#N)c1F. The first-order chi connectivity index (χ1) is 7.54. The van der Waals surface area contributed by atoms with Gasteiger partial charge < -0.3 is 0 Å². The third kappa shape index (κ3) is 2.54. The van der Waals surface area contributed by atoms with E-state index in [1.165, 1.54) is 0 Å². The number of hydrogen-bond acceptors (Lipinski definition) is 2. The Morgan fingerprint density at radius 2 is 1.06 bits per heavy atom. The van der Waals surface area contributed by atoms with Crippen molar-refractivity contribution >= 4 is 6.14 Å². The van der Waals surface area contributed by atoms with Crippen LogP contribution >= 0.6 is 0 Å². The summed E-state index contributed by atoms with van der Waals surface area (Å²) in [5.41, 5.74) is 0. The third-order valence-electron chi connectivity index (χ3n) is 1.96. The molecule has 0 aliphatic rings. The summed E-state index contributed by atoms with van der Waals surface area (Å²) in [6.45, 7) is 0. The molecule has 8 heteroatoms. The topological polar surface area (TPSA) is 47.6 Å². The van der Waals surface area contributed by atoms with E-state index in [-0.39, 0.29) is 0 Å². The third-order valence-corrected chi connectivity index (χ3v) is 10.8. The fourth-order valence-corrected chi connectivity index (χ4v) is 11.5. The van der Waals surface area contributed by atoms with Gasteiger partial charge in [0.1, 0.15) is 0 Å². The van der Waals surface area contributed by atoms with Gasteiger partial charge in [0.2, 0.25) is 0 Å². The zero-order valence-corrected chi connectivity index (χ0v) is 18.8. The number of rotatable bonds is 2. The molecule has 1 aromatic rings. The van der Waals surface area contributed by atoms with Crippen LogP contribution in [0.15, 0.2) is 0 Å². The van der Waals surface area contributed by atoms with Gasteiger partial charge in [0.15, 0.2) is 0 Å². The molecule has 0 saturated carbocycles. The van der Waals surface area contributed by atoms with Crippen LogP contribution in [0, 0.1) is 40.9 Å². The molecule has 0 N–H and O–H groups in total. The van der Waals surface area contributed by atoms with E-state index in [1.807, 2.05) is 0 Å². The molecule has 0 unspecified atom stereocenters. The molecule has 0 aromatic heterocycles. The van der Waals surface area contributed by atoms with Gasteiger partial charge in [-0.3, -0.25) is 0 Å². The number of nitriles is 2. The Kier molecular flexibility index (Phi) is 5.13. The van der Waals surface area contributed by atoms with Crippen molar-refractivity contribution in [2.24, 2.45) is 0 Å². The molecule has 1 aromatic carbocycles. The Bertz CT molecular complexity index is 475.